The second-order valence-corrected chi connectivity index (χ2v) is 10.9. The molecule has 1 saturated heterocycles. The van der Waals surface area contributed by atoms with Gasteiger partial charge in [0, 0.05) is 30.1 Å². The van der Waals surface area contributed by atoms with Gasteiger partial charge in [-0.25, -0.2) is 4.79 Å². The first-order valence-corrected chi connectivity index (χ1v) is 14.8. The number of carboxylic acids is 1. The van der Waals surface area contributed by atoms with E-state index in [2.05, 4.69) is 15.6 Å². The van der Waals surface area contributed by atoms with Gasteiger partial charge in [-0.1, -0.05) is 18.2 Å². The number of carbonyl (C=O) groups excluding carboxylic acids is 3. The predicted octanol–water partition coefficient (Wildman–Crippen LogP) is 0.965. The summed E-state index contributed by atoms with van der Waals surface area (Å²) in [6, 6.07) is 4.03. The lowest BCUT2D eigenvalue weighted by Gasteiger charge is -2.29. The van der Waals surface area contributed by atoms with Gasteiger partial charge in [-0.2, -0.15) is 11.8 Å². The van der Waals surface area contributed by atoms with Crippen molar-refractivity contribution in [1.29, 1.82) is 0 Å². The van der Waals surface area contributed by atoms with Crippen molar-refractivity contribution in [2.75, 3.05) is 25.1 Å². The van der Waals surface area contributed by atoms with Gasteiger partial charge in [0.2, 0.25) is 17.7 Å². The highest BCUT2D eigenvalue weighted by molar-refractivity contribution is 7.98. The Bertz CT molecular complexity index is 1140. The Hall–Kier alpha value is -3.09. The molecule has 214 valence electrons. The van der Waals surface area contributed by atoms with Gasteiger partial charge in [0.05, 0.1) is 6.04 Å². The van der Waals surface area contributed by atoms with Crippen molar-refractivity contribution >= 4 is 46.4 Å². The molecule has 1 aromatic carbocycles. The van der Waals surface area contributed by atoms with Crippen molar-refractivity contribution in [3.8, 4) is 0 Å². The summed E-state index contributed by atoms with van der Waals surface area (Å²) >= 11 is 1.58. The summed E-state index contributed by atoms with van der Waals surface area (Å²) < 4.78 is 0. The number of para-hydroxylation sites is 1. The second kappa shape index (κ2) is 14.9. The van der Waals surface area contributed by atoms with Crippen LogP contribution in [0.1, 0.15) is 44.1 Å². The topological polar surface area (TPSA) is 184 Å². The summed E-state index contributed by atoms with van der Waals surface area (Å²) in [5.41, 5.74) is 13.5. The molecule has 2 aromatic rings. The number of rotatable bonds is 15. The standard InChI is InChI=1S/C27H40N6O5S/c1-39-14-11-19(29)24(34)32-22(15-17-16-30-20-8-3-2-7-18(17)20)25(35)31-21(9-4-5-12-28)26(36)33-13-6-10-23(33)27(37)38/h2-3,7-8,16,19,21-23,30H,4-6,9-15,28-29H2,1H3,(H,31,35)(H,32,34)(H,37,38). The Morgan fingerprint density at radius 2 is 1.87 bits per heavy atom. The molecule has 0 spiro atoms. The molecule has 0 bridgehead atoms. The van der Waals surface area contributed by atoms with E-state index < -0.39 is 47.9 Å². The number of nitrogens with zero attached hydrogens (tertiary/aromatic N) is 1. The van der Waals surface area contributed by atoms with E-state index in [1.165, 1.54) is 4.90 Å². The third-order valence-electron chi connectivity index (χ3n) is 7.08. The predicted molar refractivity (Wildman–Crippen MR) is 152 cm³/mol. The van der Waals surface area contributed by atoms with Gasteiger partial charge in [0.25, 0.3) is 0 Å². The summed E-state index contributed by atoms with van der Waals surface area (Å²) in [7, 11) is 0. The van der Waals surface area contributed by atoms with Crippen molar-refractivity contribution in [3.05, 3.63) is 36.0 Å². The van der Waals surface area contributed by atoms with Gasteiger partial charge < -0.3 is 37.1 Å². The molecule has 4 atom stereocenters. The van der Waals surface area contributed by atoms with Crippen molar-refractivity contribution in [1.82, 2.24) is 20.5 Å². The van der Waals surface area contributed by atoms with E-state index in [1.807, 2.05) is 30.5 Å². The summed E-state index contributed by atoms with van der Waals surface area (Å²) in [5.74, 6) is -1.76. The number of thioether (sulfide) groups is 1. The minimum Gasteiger partial charge on any atom is -0.480 e. The Labute approximate surface area is 232 Å². The first-order valence-electron chi connectivity index (χ1n) is 13.4. The molecule has 1 aliphatic heterocycles. The first-order chi connectivity index (χ1) is 18.8. The van der Waals surface area contributed by atoms with Gasteiger partial charge in [0.15, 0.2) is 0 Å². The number of likely N-dealkylation sites (tertiary alicyclic amines) is 1. The largest absolute Gasteiger partial charge is 0.480 e. The molecule has 11 nitrogen and oxygen atoms in total. The number of aromatic amines is 1. The quantitative estimate of drug-likeness (QED) is 0.174. The van der Waals surface area contributed by atoms with Crippen LogP contribution in [-0.4, -0.2) is 87.9 Å². The molecule has 0 saturated carbocycles. The summed E-state index contributed by atoms with van der Waals surface area (Å²) in [6.45, 7) is 0.752. The number of unbranched alkanes of at least 4 members (excludes halogenated alkanes) is 1. The van der Waals surface area contributed by atoms with E-state index in [0.717, 1.165) is 16.5 Å². The maximum Gasteiger partial charge on any atom is 0.326 e. The molecule has 4 unspecified atom stereocenters. The van der Waals surface area contributed by atoms with Crippen molar-refractivity contribution in [3.63, 3.8) is 0 Å². The van der Waals surface area contributed by atoms with Crippen LogP contribution in [0.25, 0.3) is 10.9 Å². The lowest BCUT2D eigenvalue weighted by molar-refractivity contribution is -0.149. The molecule has 39 heavy (non-hydrogen) atoms. The fraction of sp³-hybridized carbons (Fsp3) is 0.556. The molecule has 2 heterocycles. The molecule has 3 rings (SSSR count). The number of amides is 3. The van der Waals surface area contributed by atoms with Crippen LogP contribution in [0.15, 0.2) is 30.5 Å². The molecule has 0 radical (unpaired) electrons. The smallest absolute Gasteiger partial charge is 0.326 e. The molecule has 1 aromatic heterocycles. The zero-order valence-electron chi connectivity index (χ0n) is 22.4. The number of carbonyl (C=O) groups is 4. The lowest BCUT2D eigenvalue weighted by atomic mass is 10.0. The average Bonchev–Trinajstić information content (AvgIpc) is 3.58. The molecule has 1 aliphatic rings. The number of nitrogens with one attached hydrogen (secondary N) is 3. The third-order valence-corrected chi connectivity index (χ3v) is 7.73. The van der Waals surface area contributed by atoms with Crippen LogP contribution in [0, 0.1) is 0 Å². The van der Waals surface area contributed by atoms with Gasteiger partial charge in [-0.05, 0) is 68.7 Å². The van der Waals surface area contributed by atoms with Crippen molar-refractivity contribution in [2.24, 2.45) is 11.5 Å². The number of H-pyrrole nitrogens is 1. The highest BCUT2D eigenvalue weighted by atomic mass is 32.2. The number of aromatic nitrogens is 1. The molecular formula is C27H40N6O5S. The van der Waals surface area contributed by atoms with Crippen LogP contribution in [0.5, 0.6) is 0 Å². The molecule has 12 heteroatoms. The van der Waals surface area contributed by atoms with Gasteiger partial charge >= 0.3 is 5.97 Å². The highest BCUT2D eigenvalue weighted by Crippen LogP contribution is 2.21. The Balaban J connectivity index is 1.83. The second-order valence-electron chi connectivity index (χ2n) is 9.89. The molecular weight excluding hydrogens is 520 g/mol. The van der Waals surface area contributed by atoms with E-state index in [1.54, 1.807) is 18.0 Å². The minimum atomic E-state index is -1.06. The SMILES string of the molecule is CSCCC(N)C(=O)NC(Cc1c[nH]c2ccccc12)C(=O)NC(CCCCN)C(=O)N1CCCC1C(=O)O. The molecule has 8 N–H and O–H groups in total. The van der Waals surface area contributed by atoms with Crippen LogP contribution in [0.3, 0.4) is 0 Å². The monoisotopic (exact) mass is 560 g/mol. The normalized spacial score (nSPS) is 17.5. The van der Waals surface area contributed by atoms with Gasteiger partial charge in [-0.3, -0.25) is 14.4 Å². The van der Waals surface area contributed by atoms with Crippen molar-refractivity contribution in [2.45, 2.75) is 69.1 Å². The Morgan fingerprint density at radius 3 is 2.59 bits per heavy atom. The van der Waals surface area contributed by atoms with E-state index in [4.69, 9.17) is 11.5 Å². The number of hydrogen-bond acceptors (Lipinski definition) is 7. The maximum atomic E-state index is 13.7. The van der Waals surface area contributed by atoms with E-state index in [-0.39, 0.29) is 6.42 Å². The van der Waals surface area contributed by atoms with Crippen LogP contribution < -0.4 is 22.1 Å². The number of hydrogen-bond donors (Lipinski definition) is 6. The number of benzene rings is 1. The number of nitrogens with two attached hydrogens (primary N) is 2. The van der Waals surface area contributed by atoms with Crippen LogP contribution in [0.4, 0.5) is 0 Å². The molecule has 0 aliphatic carbocycles. The highest BCUT2D eigenvalue weighted by Gasteiger charge is 2.38. The Morgan fingerprint density at radius 1 is 1.13 bits per heavy atom. The van der Waals surface area contributed by atoms with Crippen LogP contribution in [0.2, 0.25) is 0 Å². The zero-order valence-corrected chi connectivity index (χ0v) is 23.2. The Kier molecular flexibility index (Phi) is 11.6. The minimum absolute atomic E-state index is 0.183. The lowest BCUT2D eigenvalue weighted by Crippen LogP contribution is -2.57. The first kappa shape index (κ1) is 30.5. The number of fused-ring (bicyclic) bond motifs is 1. The fourth-order valence-electron chi connectivity index (χ4n) is 4.89. The molecule has 3 amide bonds. The van der Waals surface area contributed by atoms with Gasteiger partial charge in [0.1, 0.15) is 18.1 Å². The summed E-state index contributed by atoms with van der Waals surface area (Å²) in [6.07, 6.45) is 6.87. The fourth-order valence-corrected chi connectivity index (χ4v) is 5.38. The summed E-state index contributed by atoms with van der Waals surface area (Å²) in [4.78, 5) is 56.3. The number of aliphatic carboxylic acids is 1. The number of carboxylic acid groups (broad SMARTS) is 1. The molecule has 1 fully saturated rings. The average molecular weight is 561 g/mol. The zero-order chi connectivity index (χ0) is 28.4. The van der Waals surface area contributed by atoms with Crippen LogP contribution >= 0.6 is 11.8 Å². The van der Waals surface area contributed by atoms with E-state index in [0.29, 0.717) is 57.4 Å². The van der Waals surface area contributed by atoms with E-state index >= 15 is 0 Å². The maximum absolute atomic E-state index is 13.7. The third kappa shape index (κ3) is 8.20. The van der Waals surface area contributed by atoms with Gasteiger partial charge in [-0.15, -0.1) is 0 Å². The van der Waals surface area contributed by atoms with Crippen LogP contribution in [-0.2, 0) is 25.6 Å². The van der Waals surface area contributed by atoms with E-state index in [9.17, 15) is 24.3 Å². The van der Waals surface area contributed by atoms with Crippen molar-refractivity contribution < 1.29 is 24.3 Å². The summed E-state index contributed by atoms with van der Waals surface area (Å²) in [5, 5.41) is 16.1.